The molecular weight excluding hydrogens is 236 g/mol. The second-order valence-electron chi connectivity index (χ2n) is 4.46. The molecule has 0 spiro atoms. The average molecular weight is 254 g/mol. The minimum atomic E-state index is -0.0512. The summed E-state index contributed by atoms with van der Waals surface area (Å²) in [6, 6.07) is 13.6. The lowest BCUT2D eigenvalue weighted by Gasteiger charge is -2.18. The fourth-order valence-electron chi connectivity index (χ4n) is 2.04. The molecule has 0 radical (unpaired) electrons. The molecule has 0 unspecified atom stereocenters. The summed E-state index contributed by atoms with van der Waals surface area (Å²) in [6.45, 7) is 2.12. The standard InChI is InChI=1S/C16H18N2O/c1-2-6-15(13-7-4-3-5-8-13)18-16(19)14-9-11-17-12-10-14/h3-5,7-12,15H,2,6H2,1H3,(H,18,19)/t15-/m0/s1. The topological polar surface area (TPSA) is 42.0 Å². The Hall–Kier alpha value is -2.16. The highest BCUT2D eigenvalue weighted by Crippen LogP contribution is 2.18. The van der Waals surface area contributed by atoms with Crippen LogP contribution in [0.2, 0.25) is 0 Å². The first-order chi connectivity index (χ1) is 9.31. The third kappa shape index (κ3) is 3.65. The number of aromatic nitrogens is 1. The van der Waals surface area contributed by atoms with Gasteiger partial charge in [0.05, 0.1) is 6.04 Å². The van der Waals surface area contributed by atoms with Crippen molar-refractivity contribution in [3.8, 4) is 0 Å². The van der Waals surface area contributed by atoms with Gasteiger partial charge in [-0.2, -0.15) is 0 Å². The lowest BCUT2D eigenvalue weighted by Crippen LogP contribution is -2.28. The zero-order chi connectivity index (χ0) is 13.5. The van der Waals surface area contributed by atoms with Crippen LogP contribution in [0.25, 0.3) is 0 Å². The van der Waals surface area contributed by atoms with E-state index >= 15 is 0 Å². The number of pyridine rings is 1. The van der Waals surface area contributed by atoms with Crippen molar-refractivity contribution in [3.63, 3.8) is 0 Å². The molecule has 0 saturated carbocycles. The van der Waals surface area contributed by atoms with Crippen LogP contribution in [0, 0.1) is 0 Å². The molecular formula is C16H18N2O. The first-order valence-corrected chi connectivity index (χ1v) is 6.57. The highest BCUT2D eigenvalue weighted by Gasteiger charge is 2.14. The quantitative estimate of drug-likeness (QED) is 0.889. The molecule has 1 amide bonds. The number of rotatable bonds is 5. The molecule has 1 N–H and O–H groups in total. The van der Waals surface area contributed by atoms with E-state index < -0.39 is 0 Å². The Morgan fingerprint density at radius 2 is 1.84 bits per heavy atom. The number of nitrogens with zero attached hydrogens (tertiary/aromatic N) is 1. The van der Waals surface area contributed by atoms with E-state index in [9.17, 15) is 4.79 Å². The van der Waals surface area contributed by atoms with E-state index in [1.165, 1.54) is 0 Å². The van der Waals surface area contributed by atoms with Crippen molar-refractivity contribution < 1.29 is 4.79 Å². The van der Waals surface area contributed by atoms with Gasteiger partial charge in [0.1, 0.15) is 0 Å². The fraction of sp³-hybridized carbons (Fsp3) is 0.250. The number of hydrogen-bond acceptors (Lipinski definition) is 2. The SMILES string of the molecule is CCC[C@H](NC(=O)c1ccncc1)c1ccccc1. The maximum absolute atomic E-state index is 12.2. The first kappa shape index (κ1) is 13.3. The van der Waals surface area contributed by atoms with E-state index in [4.69, 9.17) is 0 Å². The van der Waals surface area contributed by atoms with E-state index in [1.807, 2.05) is 30.3 Å². The predicted octanol–water partition coefficient (Wildman–Crippen LogP) is 3.35. The lowest BCUT2D eigenvalue weighted by molar-refractivity contribution is 0.0934. The molecule has 19 heavy (non-hydrogen) atoms. The summed E-state index contributed by atoms with van der Waals surface area (Å²) in [5.74, 6) is -0.0512. The van der Waals surface area contributed by atoms with E-state index in [1.54, 1.807) is 24.5 Å². The van der Waals surface area contributed by atoms with Crippen LogP contribution < -0.4 is 5.32 Å². The third-order valence-electron chi connectivity index (χ3n) is 3.03. The minimum absolute atomic E-state index is 0.0512. The van der Waals surface area contributed by atoms with Crippen LogP contribution in [0.5, 0.6) is 0 Å². The molecule has 0 bridgehead atoms. The number of carbonyl (C=O) groups is 1. The highest BCUT2D eigenvalue weighted by molar-refractivity contribution is 5.94. The van der Waals surface area contributed by atoms with Gasteiger partial charge in [-0.3, -0.25) is 9.78 Å². The van der Waals surface area contributed by atoms with Crippen LogP contribution in [-0.2, 0) is 0 Å². The fourth-order valence-corrected chi connectivity index (χ4v) is 2.04. The molecule has 3 nitrogen and oxygen atoms in total. The van der Waals surface area contributed by atoms with Crippen molar-refractivity contribution in [1.29, 1.82) is 0 Å². The molecule has 0 aliphatic heterocycles. The van der Waals surface area contributed by atoms with Gasteiger partial charge in [0.25, 0.3) is 5.91 Å². The van der Waals surface area contributed by atoms with Crippen LogP contribution in [0.3, 0.4) is 0 Å². The summed E-state index contributed by atoms with van der Waals surface area (Å²) in [5.41, 5.74) is 1.79. The third-order valence-corrected chi connectivity index (χ3v) is 3.03. The van der Waals surface area contributed by atoms with Gasteiger partial charge in [-0.1, -0.05) is 43.7 Å². The summed E-state index contributed by atoms with van der Waals surface area (Å²) in [5, 5.41) is 3.08. The predicted molar refractivity (Wildman–Crippen MR) is 75.8 cm³/mol. The van der Waals surface area contributed by atoms with Crippen molar-refractivity contribution in [2.24, 2.45) is 0 Å². The molecule has 1 aromatic heterocycles. The molecule has 2 rings (SSSR count). The molecule has 2 aromatic rings. The molecule has 98 valence electrons. The molecule has 1 atom stereocenters. The monoisotopic (exact) mass is 254 g/mol. The molecule has 1 heterocycles. The normalized spacial score (nSPS) is 11.8. The largest absolute Gasteiger partial charge is 0.345 e. The second kappa shape index (κ2) is 6.69. The summed E-state index contributed by atoms with van der Waals surface area (Å²) in [7, 11) is 0. The van der Waals surface area contributed by atoms with Gasteiger partial charge in [0.15, 0.2) is 0 Å². The Kier molecular flexibility index (Phi) is 4.67. The Balaban J connectivity index is 2.11. The van der Waals surface area contributed by atoms with Crippen LogP contribution in [-0.4, -0.2) is 10.9 Å². The summed E-state index contributed by atoms with van der Waals surface area (Å²) >= 11 is 0. The molecule has 0 aliphatic carbocycles. The lowest BCUT2D eigenvalue weighted by atomic mass is 10.0. The van der Waals surface area contributed by atoms with Crippen molar-refractivity contribution in [2.45, 2.75) is 25.8 Å². The Morgan fingerprint density at radius 1 is 1.16 bits per heavy atom. The first-order valence-electron chi connectivity index (χ1n) is 6.57. The second-order valence-corrected chi connectivity index (χ2v) is 4.46. The van der Waals surface area contributed by atoms with E-state index in [0.29, 0.717) is 5.56 Å². The van der Waals surface area contributed by atoms with Gasteiger partial charge in [-0.15, -0.1) is 0 Å². The number of benzene rings is 1. The highest BCUT2D eigenvalue weighted by atomic mass is 16.1. The Labute approximate surface area is 113 Å². The van der Waals surface area contributed by atoms with Gasteiger partial charge < -0.3 is 5.32 Å². The summed E-state index contributed by atoms with van der Waals surface area (Å²) in [6.07, 6.45) is 5.22. The number of hydrogen-bond donors (Lipinski definition) is 1. The van der Waals surface area contributed by atoms with Crippen LogP contribution in [0.1, 0.15) is 41.7 Å². The molecule has 3 heteroatoms. The number of amides is 1. The van der Waals surface area contributed by atoms with Gasteiger partial charge in [-0.25, -0.2) is 0 Å². The van der Waals surface area contributed by atoms with Crippen molar-refractivity contribution in [3.05, 3.63) is 66.0 Å². The van der Waals surface area contributed by atoms with E-state index in [-0.39, 0.29) is 11.9 Å². The van der Waals surface area contributed by atoms with Crippen LogP contribution in [0.4, 0.5) is 0 Å². The molecule has 0 aliphatic rings. The minimum Gasteiger partial charge on any atom is -0.345 e. The number of carbonyl (C=O) groups excluding carboxylic acids is 1. The Morgan fingerprint density at radius 3 is 2.47 bits per heavy atom. The zero-order valence-corrected chi connectivity index (χ0v) is 11.0. The maximum atomic E-state index is 12.2. The Bertz CT molecular complexity index is 511. The van der Waals surface area contributed by atoms with Crippen molar-refractivity contribution >= 4 is 5.91 Å². The van der Waals surface area contributed by atoms with Crippen LogP contribution >= 0.6 is 0 Å². The molecule has 1 aromatic carbocycles. The average Bonchev–Trinajstić information content (AvgIpc) is 2.48. The summed E-state index contributed by atoms with van der Waals surface area (Å²) in [4.78, 5) is 16.1. The molecule has 0 fully saturated rings. The van der Waals surface area contributed by atoms with Gasteiger partial charge in [0, 0.05) is 18.0 Å². The number of nitrogens with one attached hydrogen (secondary N) is 1. The molecule has 0 saturated heterocycles. The maximum Gasteiger partial charge on any atom is 0.251 e. The summed E-state index contributed by atoms with van der Waals surface area (Å²) < 4.78 is 0. The van der Waals surface area contributed by atoms with E-state index in [2.05, 4.69) is 17.2 Å². The van der Waals surface area contributed by atoms with E-state index in [0.717, 1.165) is 18.4 Å². The van der Waals surface area contributed by atoms with Gasteiger partial charge >= 0.3 is 0 Å². The van der Waals surface area contributed by atoms with Crippen molar-refractivity contribution in [2.75, 3.05) is 0 Å². The smallest absolute Gasteiger partial charge is 0.251 e. The van der Waals surface area contributed by atoms with Crippen LogP contribution in [0.15, 0.2) is 54.9 Å². The van der Waals surface area contributed by atoms with Gasteiger partial charge in [-0.05, 0) is 24.1 Å². The zero-order valence-electron chi connectivity index (χ0n) is 11.0. The van der Waals surface area contributed by atoms with Crippen molar-refractivity contribution in [1.82, 2.24) is 10.3 Å². The van der Waals surface area contributed by atoms with Gasteiger partial charge in [0.2, 0.25) is 0 Å².